The molecule has 2 nitrogen and oxygen atoms in total. The van der Waals surface area contributed by atoms with Gasteiger partial charge in [-0.2, -0.15) is 0 Å². The third-order valence-electron chi connectivity index (χ3n) is 4.09. The van der Waals surface area contributed by atoms with E-state index in [1.807, 2.05) is 0 Å². The van der Waals surface area contributed by atoms with Crippen LogP contribution in [-0.4, -0.2) is 32.1 Å². The average molecular weight is 232 g/mol. The number of hydrogen-bond donors (Lipinski definition) is 1. The number of aryl methyl sites for hydroxylation is 2. The Balaban J connectivity index is 2.34. The quantitative estimate of drug-likeness (QED) is 0.842. The lowest BCUT2D eigenvalue weighted by molar-refractivity contribution is 0.164. The summed E-state index contributed by atoms with van der Waals surface area (Å²) in [6.45, 7) is 6.73. The molecule has 0 aliphatic carbocycles. The predicted molar refractivity (Wildman–Crippen MR) is 73.4 cm³/mol. The van der Waals surface area contributed by atoms with Crippen LogP contribution < -0.4 is 5.32 Å². The van der Waals surface area contributed by atoms with Crippen molar-refractivity contribution in [3.8, 4) is 0 Å². The normalized spacial score (nSPS) is 20.5. The molecule has 2 rings (SSSR count). The summed E-state index contributed by atoms with van der Waals surface area (Å²) in [4.78, 5) is 2.41. The molecule has 17 heavy (non-hydrogen) atoms. The molecule has 1 aromatic carbocycles. The molecule has 1 saturated heterocycles. The van der Waals surface area contributed by atoms with E-state index in [2.05, 4.69) is 56.4 Å². The molecule has 1 aliphatic heterocycles. The number of piperidine rings is 1. The molecule has 0 saturated carbocycles. The Morgan fingerprint density at radius 2 is 1.59 bits per heavy atom. The van der Waals surface area contributed by atoms with Crippen LogP contribution in [0.1, 0.15) is 29.5 Å². The molecule has 0 atom stereocenters. The molecule has 1 fully saturated rings. The molecule has 0 amide bonds. The number of benzene rings is 1. The van der Waals surface area contributed by atoms with Crippen LogP contribution in [0.4, 0.5) is 0 Å². The van der Waals surface area contributed by atoms with Gasteiger partial charge in [-0.1, -0.05) is 29.3 Å². The fourth-order valence-corrected chi connectivity index (χ4v) is 2.93. The summed E-state index contributed by atoms with van der Waals surface area (Å²) < 4.78 is 0. The van der Waals surface area contributed by atoms with Crippen LogP contribution in [-0.2, 0) is 5.54 Å². The van der Waals surface area contributed by atoms with Crippen molar-refractivity contribution in [1.82, 2.24) is 10.2 Å². The summed E-state index contributed by atoms with van der Waals surface area (Å²) in [5.74, 6) is 0. The van der Waals surface area contributed by atoms with E-state index in [1.54, 1.807) is 0 Å². The van der Waals surface area contributed by atoms with Gasteiger partial charge in [0.25, 0.3) is 0 Å². The van der Waals surface area contributed by atoms with Crippen LogP contribution >= 0.6 is 0 Å². The topological polar surface area (TPSA) is 15.3 Å². The molecule has 0 aromatic heterocycles. The van der Waals surface area contributed by atoms with E-state index in [1.165, 1.54) is 42.6 Å². The predicted octanol–water partition coefficient (Wildman–Crippen LogP) is 2.44. The second-order valence-corrected chi connectivity index (χ2v) is 5.51. The van der Waals surface area contributed by atoms with E-state index >= 15 is 0 Å². The van der Waals surface area contributed by atoms with Gasteiger partial charge in [-0.15, -0.1) is 0 Å². The lowest BCUT2D eigenvalue weighted by atomic mass is 9.80. The van der Waals surface area contributed by atoms with Gasteiger partial charge in [-0.3, -0.25) is 0 Å². The molecule has 1 aliphatic rings. The van der Waals surface area contributed by atoms with Crippen LogP contribution in [0.3, 0.4) is 0 Å². The third-order valence-corrected chi connectivity index (χ3v) is 4.09. The van der Waals surface area contributed by atoms with E-state index in [0.717, 1.165) is 0 Å². The van der Waals surface area contributed by atoms with Crippen molar-refractivity contribution in [2.24, 2.45) is 0 Å². The van der Waals surface area contributed by atoms with Gasteiger partial charge in [0.15, 0.2) is 0 Å². The van der Waals surface area contributed by atoms with Crippen LogP contribution in [0.2, 0.25) is 0 Å². The largest absolute Gasteiger partial charge is 0.310 e. The summed E-state index contributed by atoms with van der Waals surface area (Å²) in [7, 11) is 4.31. The van der Waals surface area contributed by atoms with Gasteiger partial charge in [0.05, 0.1) is 0 Å². The molecule has 1 heterocycles. The fraction of sp³-hybridized carbons (Fsp3) is 0.600. The second kappa shape index (κ2) is 4.79. The number of likely N-dealkylation sites (tertiary alicyclic amines) is 1. The molecule has 0 unspecified atom stereocenters. The van der Waals surface area contributed by atoms with Crippen LogP contribution in [0.15, 0.2) is 18.2 Å². The maximum atomic E-state index is 3.58. The zero-order chi connectivity index (χ0) is 12.5. The maximum Gasteiger partial charge on any atom is 0.0456 e. The van der Waals surface area contributed by atoms with Crippen LogP contribution in [0, 0.1) is 13.8 Å². The Hall–Kier alpha value is -0.860. The molecule has 1 N–H and O–H groups in total. The van der Waals surface area contributed by atoms with Crippen molar-refractivity contribution in [2.75, 3.05) is 27.2 Å². The Bertz CT molecular complexity index is 370. The number of nitrogens with one attached hydrogen (secondary N) is 1. The van der Waals surface area contributed by atoms with E-state index in [0.29, 0.717) is 0 Å². The van der Waals surface area contributed by atoms with Crippen molar-refractivity contribution in [2.45, 2.75) is 32.2 Å². The zero-order valence-corrected chi connectivity index (χ0v) is 11.5. The Labute approximate surface area is 105 Å². The van der Waals surface area contributed by atoms with Crippen molar-refractivity contribution < 1.29 is 0 Å². The fourth-order valence-electron chi connectivity index (χ4n) is 2.93. The SMILES string of the molecule is CNC1(c2cc(C)cc(C)c2)CCN(C)CC1. The van der Waals surface area contributed by atoms with Gasteiger partial charge in [-0.05, 0) is 59.4 Å². The Kier molecular flexibility index (Phi) is 3.55. The first kappa shape index (κ1) is 12.6. The highest BCUT2D eigenvalue weighted by molar-refractivity contribution is 5.34. The average Bonchev–Trinajstić information content (AvgIpc) is 2.29. The Morgan fingerprint density at radius 1 is 1.06 bits per heavy atom. The van der Waals surface area contributed by atoms with E-state index in [-0.39, 0.29) is 5.54 Å². The second-order valence-electron chi connectivity index (χ2n) is 5.51. The molecule has 0 spiro atoms. The summed E-state index contributed by atoms with van der Waals surface area (Å²) in [6, 6.07) is 6.94. The van der Waals surface area contributed by atoms with Gasteiger partial charge in [-0.25, -0.2) is 0 Å². The molecule has 0 radical (unpaired) electrons. The zero-order valence-electron chi connectivity index (χ0n) is 11.5. The highest BCUT2D eigenvalue weighted by atomic mass is 15.1. The van der Waals surface area contributed by atoms with Gasteiger partial charge >= 0.3 is 0 Å². The van der Waals surface area contributed by atoms with Crippen molar-refractivity contribution in [3.05, 3.63) is 34.9 Å². The standard InChI is InChI=1S/C15H24N2/c1-12-9-13(2)11-14(10-12)15(16-3)5-7-17(4)8-6-15/h9-11,16H,5-8H2,1-4H3. The Morgan fingerprint density at radius 3 is 2.06 bits per heavy atom. The minimum absolute atomic E-state index is 0.184. The highest BCUT2D eigenvalue weighted by Crippen LogP contribution is 2.33. The number of hydrogen-bond acceptors (Lipinski definition) is 2. The van der Waals surface area contributed by atoms with Gasteiger partial charge in [0.2, 0.25) is 0 Å². The number of nitrogens with zero attached hydrogens (tertiary/aromatic N) is 1. The van der Waals surface area contributed by atoms with E-state index in [4.69, 9.17) is 0 Å². The van der Waals surface area contributed by atoms with E-state index < -0.39 is 0 Å². The van der Waals surface area contributed by atoms with Crippen molar-refractivity contribution >= 4 is 0 Å². The first-order valence-electron chi connectivity index (χ1n) is 6.52. The van der Waals surface area contributed by atoms with Gasteiger partial charge in [0, 0.05) is 5.54 Å². The summed E-state index contributed by atoms with van der Waals surface area (Å²) in [5, 5.41) is 3.58. The summed E-state index contributed by atoms with van der Waals surface area (Å²) in [6.07, 6.45) is 2.39. The van der Waals surface area contributed by atoms with Crippen LogP contribution in [0.25, 0.3) is 0 Å². The number of rotatable bonds is 2. The molecular formula is C15H24N2. The minimum atomic E-state index is 0.184. The third kappa shape index (κ3) is 2.53. The lowest BCUT2D eigenvalue weighted by Gasteiger charge is -2.41. The molecule has 1 aromatic rings. The lowest BCUT2D eigenvalue weighted by Crippen LogP contribution is -2.48. The van der Waals surface area contributed by atoms with Crippen molar-refractivity contribution in [1.29, 1.82) is 0 Å². The minimum Gasteiger partial charge on any atom is -0.310 e. The molecule has 94 valence electrons. The smallest absolute Gasteiger partial charge is 0.0456 e. The summed E-state index contributed by atoms with van der Waals surface area (Å²) >= 11 is 0. The van der Waals surface area contributed by atoms with Crippen LogP contribution in [0.5, 0.6) is 0 Å². The summed E-state index contributed by atoms with van der Waals surface area (Å²) in [5.41, 5.74) is 4.39. The van der Waals surface area contributed by atoms with Gasteiger partial charge < -0.3 is 10.2 Å². The monoisotopic (exact) mass is 232 g/mol. The van der Waals surface area contributed by atoms with Gasteiger partial charge in [0.1, 0.15) is 0 Å². The molecular weight excluding hydrogens is 208 g/mol. The first-order chi connectivity index (χ1) is 8.05. The molecule has 2 heteroatoms. The first-order valence-corrected chi connectivity index (χ1v) is 6.52. The van der Waals surface area contributed by atoms with Crippen molar-refractivity contribution in [3.63, 3.8) is 0 Å². The van der Waals surface area contributed by atoms with E-state index in [9.17, 15) is 0 Å². The highest BCUT2D eigenvalue weighted by Gasteiger charge is 2.33. The molecule has 0 bridgehead atoms. The maximum absolute atomic E-state index is 3.58.